The van der Waals surface area contributed by atoms with Crippen LogP contribution in [0.3, 0.4) is 0 Å². The van der Waals surface area contributed by atoms with Crippen LogP contribution in [0.5, 0.6) is 5.75 Å². The lowest BCUT2D eigenvalue weighted by Gasteiger charge is -2.12. The lowest BCUT2D eigenvalue weighted by Crippen LogP contribution is -2.31. The number of aryl methyl sites for hydroxylation is 2. The number of hydrogen-bond donors (Lipinski definition) is 1. The minimum Gasteiger partial charge on any atom is -0.497 e. The summed E-state index contributed by atoms with van der Waals surface area (Å²) in [5.74, 6) is 0.910. The first-order chi connectivity index (χ1) is 11.6. The molecule has 0 aliphatic carbocycles. The summed E-state index contributed by atoms with van der Waals surface area (Å²) in [5, 5.41) is 2.91. The Bertz CT molecular complexity index is 638. The largest absolute Gasteiger partial charge is 0.497 e. The zero-order valence-corrected chi connectivity index (χ0v) is 15.4. The smallest absolute Gasteiger partial charge is 0.233 e. The maximum absolute atomic E-state index is 12.2. The molecule has 0 heterocycles. The van der Waals surface area contributed by atoms with E-state index in [-0.39, 0.29) is 11.2 Å². The third-order valence-corrected chi connectivity index (χ3v) is 4.92. The molecular weight excluding hydrogens is 318 g/mol. The second-order valence-electron chi connectivity index (χ2n) is 5.82. The van der Waals surface area contributed by atoms with Gasteiger partial charge >= 0.3 is 0 Å². The number of thioether (sulfide) groups is 1. The molecule has 0 spiro atoms. The van der Waals surface area contributed by atoms with Gasteiger partial charge in [0.15, 0.2) is 0 Å². The highest BCUT2D eigenvalue weighted by Crippen LogP contribution is 2.25. The number of benzene rings is 2. The van der Waals surface area contributed by atoms with E-state index in [4.69, 9.17) is 4.74 Å². The van der Waals surface area contributed by atoms with E-state index in [1.54, 1.807) is 18.9 Å². The highest BCUT2D eigenvalue weighted by molar-refractivity contribution is 8.00. The second kappa shape index (κ2) is 9.38. The lowest BCUT2D eigenvalue weighted by atomic mass is 10.1. The Balaban J connectivity index is 1.70. The van der Waals surface area contributed by atoms with Crippen LogP contribution in [-0.2, 0) is 11.2 Å². The van der Waals surface area contributed by atoms with Gasteiger partial charge in [0.1, 0.15) is 5.75 Å². The van der Waals surface area contributed by atoms with E-state index in [9.17, 15) is 4.79 Å². The van der Waals surface area contributed by atoms with Gasteiger partial charge in [-0.05, 0) is 56.5 Å². The summed E-state index contributed by atoms with van der Waals surface area (Å²) >= 11 is 1.56. The number of nitrogens with one attached hydrogen (secondary N) is 1. The molecule has 3 nitrogen and oxygen atoms in total. The summed E-state index contributed by atoms with van der Waals surface area (Å²) < 4.78 is 5.14. The number of rotatable bonds is 8. The van der Waals surface area contributed by atoms with Gasteiger partial charge in [0.05, 0.1) is 12.4 Å². The van der Waals surface area contributed by atoms with Crippen molar-refractivity contribution in [3.63, 3.8) is 0 Å². The molecule has 0 aliphatic rings. The Morgan fingerprint density at radius 1 is 1.12 bits per heavy atom. The Morgan fingerprint density at radius 2 is 1.79 bits per heavy atom. The number of ether oxygens (including phenoxy) is 1. The number of amides is 1. The van der Waals surface area contributed by atoms with Crippen molar-refractivity contribution in [1.82, 2.24) is 5.32 Å². The molecule has 2 aromatic rings. The van der Waals surface area contributed by atoms with E-state index in [0.29, 0.717) is 6.54 Å². The number of hydrogen-bond acceptors (Lipinski definition) is 3. The summed E-state index contributed by atoms with van der Waals surface area (Å²) in [6.45, 7) is 4.73. The van der Waals surface area contributed by atoms with Crippen LogP contribution in [0.4, 0.5) is 0 Å². The summed E-state index contributed by atoms with van der Waals surface area (Å²) in [7, 11) is 1.65. The van der Waals surface area contributed by atoms with Gasteiger partial charge in [0.25, 0.3) is 0 Å². The highest BCUT2D eigenvalue weighted by Gasteiger charge is 2.13. The van der Waals surface area contributed by atoms with Crippen LogP contribution in [-0.4, -0.2) is 24.8 Å². The molecule has 0 saturated heterocycles. The molecule has 4 heteroatoms. The Hall–Kier alpha value is -1.94. The molecule has 2 rings (SSSR count). The molecule has 0 radical (unpaired) electrons. The van der Waals surface area contributed by atoms with Crippen molar-refractivity contribution >= 4 is 17.7 Å². The SMILES string of the molecule is COc1ccc(S[C@@H](C)C(=O)NCCCc2ccc(C)cc2)cc1. The number of carbonyl (C=O) groups excluding carboxylic acids is 1. The lowest BCUT2D eigenvalue weighted by molar-refractivity contribution is -0.120. The van der Waals surface area contributed by atoms with Gasteiger partial charge < -0.3 is 10.1 Å². The van der Waals surface area contributed by atoms with E-state index in [0.717, 1.165) is 23.5 Å². The minimum absolute atomic E-state index is 0.0831. The molecule has 0 fully saturated rings. The van der Waals surface area contributed by atoms with Gasteiger partial charge in [-0.1, -0.05) is 29.8 Å². The first-order valence-corrected chi connectivity index (χ1v) is 9.10. The van der Waals surface area contributed by atoms with Gasteiger partial charge in [0.2, 0.25) is 5.91 Å². The van der Waals surface area contributed by atoms with Crippen molar-refractivity contribution in [3.8, 4) is 5.75 Å². The van der Waals surface area contributed by atoms with Gasteiger partial charge in [-0.3, -0.25) is 4.79 Å². The Labute approximate surface area is 148 Å². The monoisotopic (exact) mass is 343 g/mol. The van der Waals surface area contributed by atoms with Crippen LogP contribution in [0.15, 0.2) is 53.4 Å². The van der Waals surface area contributed by atoms with Gasteiger partial charge in [-0.2, -0.15) is 0 Å². The van der Waals surface area contributed by atoms with E-state index >= 15 is 0 Å². The van der Waals surface area contributed by atoms with E-state index in [1.807, 2.05) is 31.2 Å². The normalized spacial score (nSPS) is 11.8. The number of methoxy groups -OCH3 is 1. The number of carbonyl (C=O) groups is 1. The molecule has 1 atom stereocenters. The standard InChI is InChI=1S/C20H25NO2S/c1-15-6-8-17(9-7-15)5-4-14-21-20(22)16(2)24-19-12-10-18(23-3)11-13-19/h6-13,16H,4-5,14H2,1-3H3,(H,21,22)/t16-/m0/s1. The maximum Gasteiger partial charge on any atom is 0.233 e. The molecule has 0 aromatic heterocycles. The third-order valence-electron chi connectivity index (χ3n) is 3.80. The van der Waals surface area contributed by atoms with Crippen molar-refractivity contribution in [2.75, 3.05) is 13.7 Å². The molecule has 0 unspecified atom stereocenters. The van der Waals surface area contributed by atoms with Crippen molar-refractivity contribution < 1.29 is 9.53 Å². The van der Waals surface area contributed by atoms with Crippen molar-refractivity contribution in [2.24, 2.45) is 0 Å². The molecule has 24 heavy (non-hydrogen) atoms. The first kappa shape index (κ1) is 18.4. The summed E-state index contributed by atoms with van der Waals surface area (Å²) in [6, 6.07) is 16.3. The van der Waals surface area contributed by atoms with Crippen LogP contribution >= 0.6 is 11.8 Å². The molecular formula is C20H25NO2S. The second-order valence-corrected chi connectivity index (χ2v) is 7.23. The predicted molar refractivity (Wildman–Crippen MR) is 101 cm³/mol. The van der Waals surface area contributed by atoms with Gasteiger partial charge in [-0.25, -0.2) is 0 Å². The topological polar surface area (TPSA) is 38.3 Å². The zero-order chi connectivity index (χ0) is 17.4. The summed E-state index contributed by atoms with van der Waals surface area (Å²) in [4.78, 5) is 13.2. The first-order valence-electron chi connectivity index (χ1n) is 8.22. The van der Waals surface area contributed by atoms with Gasteiger partial charge in [0, 0.05) is 11.4 Å². The summed E-state index contributed by atoms with van der Waals surface area (Å²) in [5.41, 5.74) is 2.59. The van der Waals surface area contributed by atoms with Crippen molar-refractivity contribution in [2.45, 2.75) is 36.8 Å². The molecule has 0 saturated carbocycles. The van der Waals surface area contributed by atoms with Gasteiger partial charge in [-0.15, -0.1) is 11.8 Å². The minimum atomic E-state index is -0.113. The fraction of sp³-hybridized carbons (Fsp3) is 0.350. The Kier molecular flexibility index (Phi) is 7.19. The molecule has 2 aromatic carbocycles. The van der Waals surface area contributed by atoms with Crippen LogP contribution in [0, 0.1) is 6.92 Å². The van der Waals surface area contributed by atoms with E-state index in [2.05, 4.69) is 36.5 Å². The highest BCUT2D eigenvalue weighted by atomic mass is 32.2. The predicted octanol–water partition coefficient (Wildman–Crippen LogP) is 4.23. The molecule has 1 N–H and O–H groups in total. The van der Waals surface area contributed by atoms with Crippen LogP contribution in [0.25, 0.3) is 0 Å². The molecule has 0 bridgehead atoms. The van der Waals surface area contributed by atoms with Crippen LogP contribution < -0.4 is 10.1 Å². The average Bonchev–Trinajstić information content (AvgIpc) is 2.60. The van der Waals surface area contributed by atoms with Crippen molar-refractivity contribution in [3.05, 3.63) is 59.7 Å². The summed E-state index contributed by atoms with van der Waals surface area (Å²) in [6.07, 6.45) is 1.94. The third kappa shape index (κ3) is 5.93. The van der Waals surface area contributed by atoms with E-state index in [1.165, 1.54) is 11.1 Å². The maximum atomic E-state index is 12.2. The Morgan fingerprint density at radius 3 is 2.42 bits per heavy atom. The fourth-order valence-corrected chi connectivity index (χ4v) is 3.21. The van der Waals surface area contributed by atoms with Crippen LogP contribution in [0.2, 0.25) is 0 Å². The molecule has 0 aliphatic heterocycles. The van der Waals surface area contributed by atoms with E-state index < -0.39 is 0 Å². The van der Waals surface area contributed by atoms with Crippen LogP contribution in [0.1, 0.15) is 24.5 Å². The molecule has 1 amide bonds. The average molecular weight is 343 g/mol. The zero-order valence-electron chi connectivity index (χ0n) is 14.5. The fourth-order valence-electron chi connectivity index (χ4n) is 2.31. The van der Waals surface area contributed by atoms with Crippen molar-refractivity contribution in [1.29, 1.82) is 0 Å². The quantitative estimate of drug-likeness (QED) is 0.576. The molecule has 128 valence electrons.